The summed E-state index contributed by atoms with van der Waals surface area (Å²) in [4.78, 5) is 43.7. The van der Waals surface area contributed by atoms with Crippen molar-refractivity contribution in [3.63, 3.8) is 0 Å². The summed E-state index contributed by atoms with van der Waals surface area (Å²) in [5.41, 5.74) is -0.0484. The minimum atomic E-state index is -0.452. The summed E-state index contributed by atoms with van der Waals surface area (Å²) < 4.78 is 4.48. The molecule has 2 aromatic rings. The number of carbonyl (C=O) groups is 1. The molecule has 1 aliphatic carbocycles. The molecule has 0 saturated heterocycles. The van der Waals surface area contributed by atoms with E-state index in [0.29, 0.717) is 36.1 Å². The van der Waals surface area contributed by atoms with E-state index in [1.807, 2.05) is 4.57 Å². The number of carbonyl (C=O) groups excluding carboxylic acids is 1. The van der Waals surface area contributed by atoms with Crippen LogP contribution in [0.25, 0.3) is 11.2 Å². The molecule has 1 amide bonds. The van der Waals surface area contributed by atoms with Gasteiger partial charge in [0.05, 0.1) is 6.33 Å². The number of unbranched alkanes of at least 4 members (excludes halogenated alkanes) is 1. The zero-order valence-electron chi connectivity index (χ0n) is 19.4. The lowest BCUT2D eigenvalue weighted by Crippen LogP contribution is -2.47. The smallest absolute Gasteiger partial charge is 0.333 e. The zero-order chi connectivity index (χ0) is 22.5. The number of aromatic nitrogens is 4. The van der Waals surface area contributed by atoms with Gasteiger partial charge in [0.2, 0.25) is 5.91 Å². The van der Waals surface area contributed by atoms with Gasteiger partial charge in [-0.25, -0.2) is 14.3 Å². The van der Waals surface area contributed by atoms with Crippen LogP contribution in [-0.2, 0) is 24.4 Å². The molecule has 0 bridgehead atoms. The largest absolute Gasteiger partial charge is 0.352 e. The van der Waals surface area contributed by atoms with Crippen LogP contribution >= 0.6 is 0 Å². The Hall–Kier alpha value is -2.38. The van der Waals surface area contributed by atoms with Crippen LogP contribution < -0.4 is 16.6 Å². The molecule has 8 heteroatoms. The molecule has 1 aliphatic rings. The van der Waals surface area contributed by atoms with Gasteiger partial charge >= 0.3 is 5.69 Å². The van der Waals surface area contributed by atoms with Crippen LogP contribution in [-0.4, -0.2) is 30.6 Å². The van der Waals surface area contributed by atoms with Gasteiger partial charge in [0.1, 0.15) is 6.54 Å². The number of hydrogen-bond acceptors (Lipinski definition) is 4. The van der Waals surface area contributed by atoms with Crippen molar-refractivity contribution in [3.8, 4) is 0 Å². The van der Waals surface area contributed by atoms with Gasteiger partial charge in [-0.3, -0.25) is 14.2 Å². The zero-order valence-corrected chi connectivity index (χ0v) is 19.4. The van der Waals surface area contributed by atoms with Crippen molar-refractivity contribution in [1.29, 1.82) is 0 Å². The predicted octanol–water partition coefficient (Wildman–Crippen LogP) is 2.90. The van der Waals surface area contributed by atoms with E-state index in [2.05, 4.69) is 38.0 Å². The Bertz CT molecular complexity index is 1020. The maximum Gasteiger partial charge on any atom is 0.333 e. The average Bonchev–Trinajstić information content (AvgIpc) is 3.15. The number of nitrogens with zero attached hydrogens (tertiary/aromatic N) is 4. The van der Waals surface area contributed by atoms with Crippen LogP contribution in [0.1, 0.15) is 72.6 Å². The molecule has 3 rings (SSSR count). The van der Waals surface area contributed by atoms with Crippen molar-refractivity contribution in [2.45, 2.75) is 98.3 Å². The molecular formula is C23H37N5O3. The van der Waals surface area contributed by atoms with E-state index in [1.54, 1.807) is 10.9 Å². The number of amides is 1. The first-order valence-corrected chi connectivity index (χ1v) is 11.8. The minimum absolute atomic E-state index is 0.111. The topological polar surface area (TPSA) is 90.9 Å². The van der Waals surface area contributed by atoms with E-state index in [4.69, 9.17) is 0 Å². The second-order valence-corrected chi connectivity index (χ2v) is 9.41. The quantitative estimate of drug-likeness (QED) is 0.661. The van der Waals surface area contributed by atoms with Crippen molar-refractivity contribution in [1.82, 2.24) is 24.0 Å². The van der Waals surface area contributed by atoms with Gasteiger partial charge in [0, 0.05) is 19.1 Å². The van der Waals surface area contributed by atoms with Gasteiger partial charge in [-0.05, 0) is 37.5 Å². The summed E-state index contributed by atoms with van der Waals surface area (Å²) in [6.45, 7) is 9.34. The van der Waals surface area contributed by atoms with Crippen molar-refractivity contribution >= 4 is 17.1 Å². The Morgan fingerprint density at radius 1 is 1.19 bits per heavy atom. The Balaban J connectivity index is 1.96. The first-order valence-electron chi connectivity index (χ1n) is 11.8. The molecule has 8 nitrogen and oxygen atoms in total. The summed E-state index contributed by atoms with van der Waals surface area (Å²) in [6, 6.07) is 0.111. The van der Waals surface area contributed by atoms with Crippen LogP contribution in [0.5, 0.6) is 0 Å². The minimum Gasteiger partial charge on any atom is -0.352 e. The molecule has 1 fully saturated rings. The summed E-state index contributed by atoms with van der Waals surface area (Å²) in [6.07, 6.45) is 8.59. The number of nitrogens with one attached hydrogen (secondary N) is 1. The lowest BCUT2D eigenvalue weighted by Gasteiger charge is -2.29. The number of hydrogen-bond donors (Lipinski definition) is 1. The van der Waals surface area contributed by atoms with Gasteiger partial charge in [-0.1, -0.05) is 47.0 Å². The molecule has 0 spiro atoms. The molecule has 1 saturated carbocycles. The molecule has 0 radical (unpaired) electrons. The fourth-order valence-corrected chi connectivity index (χ4v) is 4.39. The third kappa shape index (κ3) is 5.28. The van der Waals surface area contributed by atoms with Crippen molar-refractivity contribution in [3.05, 3.63) is 27.2 Å². The lowest BCUT2D eigenvalue weighted by atomic mass is 9.86. The first-order chi connectivity index (χ1) is 14.8. The predicted molar refractivity (Wildman–Crippen MR) is 122 cm³/mol. The highest BCUT2D eigenvalue weighted by atomic mass is 16.2. The lowest BCUT2D eigenvalue weighted by molar-refractivity contribution is -0.123. The van der Waals surface area contributed by atoms with Gasteiger partial charge < -0.3 is 9.88 Å². The summed E-state index contributed by atoms with van der Waals surface area (Å²) in [5, 5.41) is 3.06. The molecule has 0 aromatic carbocycles. The monoisotopic (exact) mass is 431 g/mol. The van der Waals surface area contributed by atoms with E-state index in [0.717, 1.165) is 43.1 Å². The van der Waals surface area contributed by atoms with Gasteiger partial charge in [0.15, 0.2) is 11.2 Å². The highest BCUT2D eigenvalue weighted by Crippen LogP contribution is 2.23. The molecule has 2 aromatic heterocycles. The number of imidazole rings is 1. The van der Waals surface area contributed by atoms with Crippen LogP contribution in [0.15, 0.2) is 15.9 Å². The number of aryl methyl sites for hydroxylation is 2. The molecule has 2 atom stereocenters. The van der Waals surface area contributed by atoms with Gasteiger partial charge in [-0.2, -0.15) is 0 Å². The highest BCUT2D eigenvalue weighted by molar-refractivity contribution is 5.77. The van der Waals surface area contributed by atoms with Crippen LogP contribution in [0.2, 0.25) is 0 Å². The van der Waals surface area contributed by atoms with Crippen molar-refractivity contribution in [2.24, 2.45) is 11.8 Å². The first kappa shape index (κ1) is 23.3. The fraction of sp³-hybridized carbons (Fsp3) is 0.739. The average molecular weight is 432 g/mol. The third-order valence-electron chi connectivity index (χ3n) is 6.43. The Kier molecular flexibility index (Phi) is 7.73. The Morgan fingerprint density at radius 2 is 1.94 bits per heavy atom. The van der Waals surface area contributed by atoms with E-state index in [-0.39, 0.29) is 18.5 Å². The molecule has 0 unspecified atom stereocenters. The normalized spacial score (nSPS) is 19.3. The third-order valence-corrected chi connectivity index (χ3v) is 6.43. The maximum atomic E-state index is 13.3. The number of rotatable bonds is 9. The van der Waals surface area contributed by atoms with E-state index in [1.165, 1.54) is 6.42 Å². The van der Waals surface area contributed by atoms with E-state index < -0.39 is 11.2 Å². The van der Waals surface area contributed by atoms with Crippen molar-refractivity contribution in [2.75, 3.05) is 0 Å². The summed E-state index contributed by atoms with van der Waals surface area (Å²) >= 11 is 0. The second kappa shape index (κ2) is 10.3. The molecular weight excluding hydrogens is 394 g/mol. The SMILES string of the molecule is CCCCn1c(=O)n(CC(=O)N[C@@H]2CCCC[C@H]2C)c(=O)c2c1ncn2CCC(C)C. The molecule has 172 valence electrons. The Morgan fingerprint density at radius 3 is 2.61 bits per heavy atom. The summed E-state index contributed by atoms with van der Waals surface area (Å²) in [5.74, 6) is 0.622. The molecule has 2 heterocycles. The molecule has 0 aliphatic heterocycles. The van der Waals surface area contributed by atoms with Gasteiger partial charge in [-0.15, -0.1) is 0 Å². The standard InChI is InChI=1S/C23H37N5O3/c1-5-6-12-27-21-20(26(15-24-21)13-11-16(2)3)22(30)28(23(27)31)14-19(29)25-18-10-8-7-9-17(18)4/h15-18H,5-14H2,1-4H3,(H,25,29)/t17-,18-/m1/s1. The van der Waals surface area contributed by atoms with E-state index in [9.17, 15) is 14.4 Å². The van der Waals surface area contributed by atoms with Crippen LogP contribution in [0.4, 0.5) is 0 Å². The van der Waals surface area contributed by atoms with Crippen LogP contribution in [0, 0.1) is 11.8 Å². The summed E-state index contributed by atoms with van der Waals surface area (Å²) in [7, 11) is 0. The fourth-order valence-electron chi connectivity index (χ4n) is 4.39. The number of fused-ring (bicyclic) bond motifs is 1. The molecule has 1 N–H and O–H groups in total. The van der Waals surface area contributed by atoms with E-state index >= 15 is 0 Å². The maximum absolute atomic E-state index is 13.3. The molecule has 31 heavy (non-hydrogen) atoms. The van der Waals surface area contributed by atoms with Crippen molar-refractivity contribution < 1.29 is 4.79 Å². The second-order valence-electron chi connectivity index (χ2n) is 9.41. The Labute approximate surface area is 183 Å². The van der Waals surface area contributed by atoms with Gasteiger partial charge in [0.25, 0.3) is 5.56 Å². The van der Waals surface area contributed by atoms with Crippen LogP contribution in [0.3, 0.4) is 0 Å². The highest BCUT2D eigenvalue weighted by Gasteiger charge is 2.24.